The standard InChI is InChI=1S/C18H33N3O3.ClH/c1-3-5-6-7-8-9-15(4-2)18(17(19)24,21-13-22)12-14-10-11-20-16(14)23;/h13-15H,3-12H2,1-2H3,(H2,19,24)(H,20,23)(H,21,22);1H/t14-,15?,18?;/m0./s1. The van der Waals surface area contributed by atoms with E-state index in [1.54, 1.807) is 0 Å². The van der Waals surface area contributed by atoms with Gasteiger partial charge in [0, 0.05) is 12.5 Å². The third-order valence-corrected chi connectivity index (χ3v) is 5.33. The third-order valence-electron chi connectivity index (χ3n) is 5.33. The van der Waals surface area contributed by atoms with Crippen molar-refractivity contribution >= 4 is 30.6 Å². The molecule has 25 heavy (non-hydrogen) atoms. The Morgan fingerprint density at radius 3 is 2.52 bits per heavy atom. The summed E-state index contributed by atoms with van der Waals surface area (Å²) in [7, 11) is 0. The Morgan fingerprint density at radius 2 is 2.04 bits per heavy atom. The van der Waals surface area contributed by atoms with Crippen molar-refractivity contribution in [3.05, 3.63) is 0 Å². The Kier molecular flexibility index (Phi) is 11.5. The van der Waals surface area contributed by atoms with Crippen LogP contribution in [0.15, 0.2) is 0 Å². The van der Waals surface area contributed by atoms with E-state index in [9.17, 15) is 14.4 Å². The molecule has 7 heteroatoms. The fourth-order valence-electron chi connectivity index (χ4n) is 3.84. The maximum absolute atomic E-state index is 12.3. The second kappa shape index (κ2) is 12.1. The fraction of sp³-hybridized carbons (Fsp3) is 0.833. The van der Waals surface area contributed by atoms with Crippen LogP contribution < -0.4 is 16.4 Å². The molecule has 1 aliphatic heterocycles. The lowest BCUT2D eigenvalue weighted by Gasteiger charge is -2.39. The van der Waals surface area contributed by atoms with E-state index in [2.05, 4.69) is 17.6 Å². The maximum Gasteiger partial charge on any atom is 0.243 e. The summed E-state index contributed by atoms with van der Waals surface area (Å²) in [6.45, 7) is 4.80. The van der Waals surface area contributed by atoms with Crippen LogP contribution in [0.25, 0.3) is 0 Å². The average Bonchev–Trinajstić information content (AvgIpc) is 2.95. The highest BCUT2D eigenvalue weighted by Crippen LogP contribution is 2.34. The minimum Gasteiger partial charge on any atom is -0.368 e. The van der Waals surface area contributed by atoms with E-state index in [0.717, 1.165) is 25.7 Å². The van der Waals surface area contributed by atoms with Gasteiger partial charge < -0.3 is 16.4 Å². The van der Waals surface area contributed by atoms with Crippen molar-refractivity contribution in [2.45, 2.75) is 77.2 Å². The number of hydrogen-bond acceptors (Lipinski definition) is 3. The molecule has 6 nitrogen and oxygen atoms in total. The highest BCUT2D eigenvalue weighted by atomic mass is 35.5. The second-order valence-electron chi connectivity index (χ2n) is 6.89. The number of carbonyl (C=O) groups is 3. The van der Waals surface area contributed by atoms with Crippen molar-refractivity contribution in [1.82, 2.24) is 10.6 Å². The van der Waals surface area contributed by atoms with Crippen molar-refractivity contribution in [3.63, 3.8) is 0 Å². The largest absolute Gasteiger partial charge is 0.368 e. The van der Waals surface area contributed by atoms with E-state index in [-0.39, 0.29) is 30.2 Å². The molecule has 0 radical (unpaired) electrons. The van der Waals surface area contributed by atoms with Crippen LogP contribution >= 0.6 is 12.4 Å². The molecule has 0 bridgehead atoms. The molecule has 0 aromatic carbocycles. The van der Waals surface area contributed by atoms with E-state index in [1.807, 2.05) is 6.92 Å². The van der Waals surface area contributed by atoms with Gasteiger partial charge in [-0.15, -0.1) is 12.4 Å². The summed E-state index contributed by atoms with van der Waals surface area (Å²) in [5.74, 6) is -0.893. The smallest absolute Gasteiger partial charge is 0.243 e. The van der Waals surface area contributed by atoms with Gasteiger partial charge in [-0.3, -0.25) is 14.4 Å². The molecule has 0 saturated carbocycles. The zero-order valence-corrected chi connectivity index (χ0v) is 16.3. The molecule has 0 aromatic rings. The Bertz CT molecular complexity index is 434. The Hall–Kier alpha value is -1.30. The lowest BCUT2D eigenvalue weighted by molar-refractivity contribution is -0.133. The molecule has 1 aliphatic rings. The van der Waals surface area contributed by atoms with Crippen LogP contribution in [0, 0.1) is 11.8 Å². The van der Waals surface area contributed by atoms with Crippen LogP contribution in [-0.4, -0.2) is 30.3 Å². The Balaban J connectivity index is 0.00000576. The summed E-state index contributed by atoms with van der Waals surface area (Å²) in [5.41, 5.74) is 4.59. The summed E-state index contributed by atoms with van der Waals surface area (Å²) >= 11 is 0. The Labute approximate surface area is 157 Å². The van der Waals surface area contributed by atoms with E-state index < -0.39 is 11.4 Å². The van der Waals surface area contributed by atoms with Crippen molar-refractivity contribution in [1.29, 1.82) is 0 Å². The van der Waals surface area contributed by atoms with Crippen molar-refractivity contribution in [3.8, 4) is 0 Å². The molecule has 1 saturated heterocycles. The number of nitrogens with two attached hydrogens (primary N) is 1. The molecule has 3 atom stereocenters. The predicted octanol–water partition coefficient (Wildman–Crippen LogP) is 2.29. The van der Waals surface area contributed by atoms with E-state index in [0.29, 0.717) is 25.8 Å². The van der Waals surface area contributed by atoms with Crippen LogP contribution in [0.5, 0.6) is 0 Å². The molecular weight excluding hydrogens is 342 g/mol. The number of hydrogen-bond donors (Lipinski definition) is 3. The van der Waals surface area contributed by atoms with Gasteiger partial charge in [0.05, 0.1) is 0 Å². The van der Waals surface area contributed by atoms with Crippen LogP contribution in [0.4, 0.5) is 0 Å². The monoisotopic (exact) mass is 375 g/mol. The van der Waals surface area contributed by atoms with Crippen LogP contribution in [0.1, 0.15) is 71.6 Å². The number of primary amides is 1. The average molecular weight is 376 g/mol. The minimum atomic E-state index is -1.13. The molecule has 1 heterocycles. The highest BCUT2D eigenvalue weighted by molar-refractivity contribution is 5.89. The van der Waals surface area contributed by atoms with Crippen molar-refractivity contribution in [2.75, 3.05) is 6.54 Å². The van der Waals surface area contributed by atoms with Gasteiger partial charge in [0.15, 0.2) is 0 Å². The van der Waals surface area contributed by atoms with Crippen LogP contribution in [0.2, 0.25) is 0 Å². The summed E-state index contributed by atoms with van der Waals surface area (Å²) in [5, 5.41) is 5.50. The molecule has 1 rings (SSSR count). The summed E-state index contributed by atoms with van der Waals surface area (Å²) in [4.78, 5) is 35.4. The van der Waals surface area contributed by atoms with Gasteiger partial charge in [0.2, 0.25) is 18.2 Å². The number of amides is 3. The molecule has 0 aromatic heterocycles. The van der Waals surface area contributed by atoms with Gasteiger partial charge in [-0.2, -0.15) is 0 Å². The molecule has 4 N–H and O–H groups in total. The van der Waals surface area contributed by atoms with Crippen molar-refractivity contribution in [2.24, 2.45) is 17.6 Å². The first kappa shape index (κ1) is 23.7. The molecule has 1 fully saturated rings. The van der Waals surface area contributed by atoms with Crippen LogP contribution in [-0.2, 0) is 14.4 Å². The van der Waals surface area contributed by atoms with Gasteiger partial charge in [-0.25, -0.2) is 0 Å². The molecule has 3 amide bonds. The first-order chi connectivity index (χ1) is 11.5. The second-order valence-corrected chi connectivity index (χ2v) is 6.89. The lowest BCUT2D eigenvalue weighted by Crippen LogP contribution is -2.61. The fourth-order valence-corrected chi connectivity index (χ4v) is 3.84. The minimum absolute atomic E-state index is 0. The zero-order chi connectivity index (χ0) is 18.0. The van der Waals surface area contributed by atoms with Gasteiger partial charge in [-0.05, 0) is 25.2 Å². The molecular formula is C18H34ClN3O3. The lowest BCUT2D eigenvalue weighted by atomic mass is 9.72. The number of unbranched alkanes of at least 4 members (excludes halogenated alkanes) is 4. The number of nitrogens with one attached hydrogen (secondary N) is 2. The summed E-state index contributed by atoms with van der Waals surface area (Å²) < 4.78 is 0. The Morgan fingerprint density at radius 1 is 1.36 bits per heavy atom. The first-order valence-electron chi connectivity index (χ1n) is 9.30. The van der Waals surface area contributed by atoms with Gasteiger partial charge in [0.25, 0.3) is 0 Å². The van der Waals surface area contributed by atoms with Gasteiger partial charge in [-0.1, -0.05) is 52.4 Å². The van der Waals surface area contributed by atoms with Crippen molar-refractivity contribution < 1.29 is 14.4 Å². The maximum atomic E-state index is 12.3. The van der Waals surface area contributed by atoms with Crippen LogP contribution in [0.3, 0.4) is 0 Å². The topological polar surface area (TPSA) is 101 Å². The SMILES string of the molecule is CCCCCCCC(CC)C(C[C@@H]1CCNC1=O)(NC=O)C(N)=O.Cl. The quantitative estimate of drug-likeness (QED) is 0.340. The van der Waals surface area contributed by atoms with E-state index >= 15 is 0 Å². The number of carbonyl (C=O) groups excluding carboxylic acids is 3. The summed E-state index contributed by atoms with van der Waals surface area (Å²) in [6, 6.07) is 0. The van der Waals surface area contributed by atoms with E-state index in [1.165, 1.54) is 19.3 Å². The molecule has 0 spiro atoms. The number of rotatable bonds is 13. The number of halogens is 1. The summed E-state index contributed by atoms with van der Waals surface area (Å²) in [6.07, 6.45) is 8.81. The first-order valence-corrected chi connectivity index (χ1v) is 9.30. The predicted molar refractivity (Wildman–Crippen MR) is 101 cm³/mol. The molecule has 2 unspecified atom stereocenters. The zero-order valence-electron chi connectivity index (χ0n) is 15.5. The normalized spacial score (nSPS) is 20.1. The highest BCUT2D eigenvalue weighted by Gasteiger charge is 2.46. The molecule has 0 aliphatic carbocycles. The van der Waals surface area contributed by atoms with E-state index in [4.69, 9.17) is 5.73 Å². The van der Waals surface area contributed by atoms with Gasteiger partial charge >= 0.3 is 0 Å². The van der Waals surface area contributed by atoms with Gasteiger partial charge in [0.1, 0.15) is 5.54 Å². The third kappa shape index (κ3) is 6.49. The molecule has 146 valence electrons.